The minimum atomic E-state index is -0.191. The average molecular weight is 357 g/mol. The Morgan fingerprint density at radius 1 is 1.27 bits per heavy atom. The topological polar surface area (TPSA) is 59.4 Å². The van der Waals surface area contributed by atoms with E-state index in [1.165, 1.54) is 12.5 Å². The molecule has 4 aliphatic rings. The van der Waals surface area contributed by atoms with Gasteiger partial charge >= 0.3 is 5.97 Å². The summed E-state index contributed by atoms with van der Waals surface area (Å²) < 4.78 is 11.5. The summed E-state index contributed by atoms with van der Waals surface area (Å²) in [4.78, 5) is 11.9. The van der Waals surface area contributed by atoms with Crippen molar-refractivity contribution >= 4 is 11.7 Å². The number of carbonyl (C=O) groups is 1. The maximum absolute atomic E-state index is 11.9. The molecule has 0 aromatic heterocycles. The molecule has 6 atom stereocenters. The maximum Gasteiger partial charge on any atom is 0.302 e. The third-order valence-corrected chi connectivity index (χ3v) is 8.01. The summed E-state index contributed by atoms with van der Waals surface area (Å²) >= 11 is 0. The normalized spacial score (nSPS) is 44.2. The summed E-state index contributed by atoms with van der Waals surface area (Å²) in [5, 5.41) is 8.55. The van der Waals surface area contributed by atoms with Crippen LogP contribution >= 0.6 is 0 Å². The van der Waals surface area contributed by atoms with Crippen LogP contribution in [0.15, 0.2) is 23.5 Å². The van der Waals surface area contributed by atoms with Crippen LogP contribution in [0.25, 0.3) is 0 Å². The quantitative estimate of drug-likeness (QED) is 0.732. The Kier molecular flexibility index (Phi) is 4.09. The molecule has 6 unspecified atom stereocenters. The van der Waals surface area contributed by atoms with Gasteiger partial charge in [-0.3, -0.25) is 4.79 Å². The van der Waals surface area contributed by atoms with Crippen LogP contribution in [-0.2, 0) is 14.3 Å². The highest BCUT2D eigenvalue weighted by Crippen LogP contribution is 2.64. The molecule has 0 heterocycles. The molecule has 4 rings (SSSR count). The predicted octanol–water partition coefficient (Wildman–Crippen LogP) is 4.65. The second-order valence-electron chi connectivity index (χ2n) is 9.21. The van der Waals surface area contributed by atoms with E-state index in [2.05, 4.69) is 26.0 Å². The number of allylic oxidation sites excluding steroid dienone is 4. The Hall–Kier alpha value is -1.58. The van der Waals surface area contributed by atoms with Crippen LogP contribution < -0.4 is 0 Å². The van der Waals surface area contributed by atoms with E-state index in [0.29, 0.717) is 17.8 Å². The molecule has 4 aliphatic carbocycles. The number of hydrogen-bond donors (Lipinski definition) is 1. The van der Waals surface area contributed by atoms with Crippen LogP contribution in [0.2, 0.25) is 0 Å². The molecule has 0 aliphatic heterocycles. The molecule has 142 valence electrons. The Morgan fingerprint density at radius 3 is 2.73 bits per heavy atom. The molecule has 2 saturated carbocycles. The van der Waals surface area contributed by atoms with Crippen molar-refractivity contribution in [3.05, 3.63) is 23.5 Å². The lowest BCUT2D eigenvalue weighted by atomic mass is 9.47. The number of fused-ring (bicyclic) bond motifs is 5. The molecule has 0 bridgehead atoms. The molecular weight excluding hydrogens is 326 g/mol. The van der Waals surface area contributed by atoms with Crippen LogP contribution in [-0.4, -0.2) is 24.9 Å². The van der Waals surface area contributed by atoms with Crippen molar-refractivity contribution < 1.29 is 14.3 Å². The largest absolute Gasteiger partial charge is 0.501 e. The molecule has 4 heteroatoms. The van der Waals surface area contributed by atoms with Gasteiger partial charge in [-0.15, -0.1) is 0 Å². The minimum absolute atomic E-state index is 0.0250. The third kappa shape index (κ3) is 2.40. The average Bonchev–Trinajstić information content (AvgIpc) is 2.88. The molecule has 4 nitrogen and oxygen atoms in total. The number of carbonyl (C=O) groups excluding carboxylic acids is 1. The Labute approximate surface area is 156 Å². The van der Waals surface area contributed by atoms with E-state index in [-0.39, 0.29) is 22.9 Å². The smallest absolute Gasteiger partial charge is 0.302 e. The highest BCUT2D eigenvalue weighted by molar-refractivity contribution is 5.89. The fraction of sp³-hybridized carbons (Fsp3) is 0.727. The van der Waals surface area contributed by atoms with E-state index < -0.39 is 0 Å². The van der Waals surface area contributed by atoms with Crippen LogP contribution in [0.4, 0.5) is 0 Å². The van der Waals surface area contributed by atoms with E-state index in [9.17, 15) is 4.79 Å². The lowest BCUT2D eigenvalue weighted by molar-refractivity contribution is -0.166. The van der Waals surface area contributed by atoms with Gasteiger partial charge in [-0.2, -0.15) is 0 Å². The maximum atomic E-state index is 11.9. The standard InChI is InChI=1S/C22H31NO3/c1-13(24)26-18-12-22(3)17(7-8-19(22)23)16-6-5-14-11-15(25-4)9-10-21(14,2)20(16)18/h5,11,16-18,20,23H,6-10,12H2,1-4H3. The summed E-state index contributed by atoms with van der Waals surface area (Å²) in [5.74, 6) is 2.23. The zero-order valence-corrected chi connectivity index (χ0v) is 16.4. The molecule has 2 fully saturated rings. The van der Waals surface area contributed by atoms with Crippen molar-refractivity contribution in [1.82, 2.24) is 0 Å². The number of ether oxygens (including phenoxy) is 2. The van der Waals surface area contributed by atoms with Crippen molar-refractivity contribution in [3.8, 4) is 0 Å². The van der Waals surface area contributed by atoms with E-state index in [1.54, 1.807) is 7.11 Å². The van der Waals surface area contributed by atoms with Gasteiger partial charge in [0.2, 0.25) is 0 Å². The molecule has 0 aromatic rings. The van der Waals surface area contributed by atoms with Gasteiger partial charge in [-0.05, 0) is 61.0 Å². The number of rotatable bonds is 2. The fourth-order valence-electron chi connectivity index (χ4n) is 6.69. The summed E-state index contributed by atoms with van der Waals surface area (Å²) in [6.07, 6.45) is 10.3. The molecule has 1 N–H and O–H groups in total. The Morgan fingerprint density at radius 2 is 2.04 bits per heavy atom. The lowest BCUT2D eigenvalue weighted by Gasteiger charge is -2.58. The van der Waals surface area contributed by atoms with Gasteiger partial charge in [0.25, 0.3) is 0 Å². The molecule has 0 aromatic carbocycles. The molecule has 0 radical (unpaired) electrons. The van der Waals surface area contributed by atoms with Crippen molar-refractivity contribution in [2.24, 2.45) is 28.6 Å². The second-order valence-corrected chi connectivity index (χ2v) is 9.21. The first-order valence-corrected chi connectivity index (χ1v) is 10.00. The molecule has 0 spiro atoms. The monoisotopic (exact) mass is 357 g/mol. The second kappa shape index (κ2) is 5.97. The van der Waals surface area contributed by atoms with Gasteiger partial charge in [0.05, 0.1) is 12.9 Å². The molecule has 0 amide bonds. The molecular formula is C22H31NO3. The Balaban J connectivity index is 1.78. The van der Waals surface area contributed by atoms with Crippen LogP contribution in [0.3, 0.4) is 0 Å². The number of methoxy groups -OCH3 is 1. The minimum Gasteiger partial charge on any atom is -0.501 e. The first-order valence-electron chi connectivity index (χ1n) is 10.00. The molecule has 26 heavy (non-hydrogen) atoms. The van der Waals surface area contributed by atoms with Crippen molar-refractivity contribution in [2.75, 3.05) is 7.11 Å². The SMILES string of the molecule is COC1=CC2=CCC3C4CCC(=N)C4(C)CC(OC(C)=O)C3C2(C)CC1. The zero-order valence-electron chi connectivity index (χ0n) is 16.4. The number of hydrogen-bond acceptors (Lipinski definition) is 4. The van der Waals surface area contributed by atoms with Gasteiger partial charge in [-0.25, -0.2) is 0 Å². The van der Waals surface area contributed by atoms with E-state index in [4.69, 9.17) is 14.9 Å². The van der Waals surface area contributed by atoms with Gasteiger partial charge in [0.15, 0.2) is 0 Å². The van der Waals surface area contributed by atoms with Gasteiger partial charge in [-0.1, -0.05) is 19.9 Å². The summed E-state index contributed by atoms with van der Waals surface area (Å²) in [6.45, 7) is 6.12. The fourth-order valence-corrected chi connectivity index (χ4v) is 6.69. The number of nitrogens with one attached hydrogen (secondary N) is 1. The highest BCUT2D eigenvalue weighted by Gasteiger charge is 2.61. The van der Waals surface area contributed by atoms with E-state index in [0.717, 1.165) is 50.0 Å². The Bertz CT molecular complexity index is 708. The first-order chi connectivity index (χ1) is 12.3. The highest BCUT2D eigenvalue weighted by atomic mass is 16.5. The van der Waals surface area contributed by atoms with E-state index >= 15 is 0 Å². The van der Waals surface area contributed by atoms with Crippen molar-refractivity contribution in [1.29, 1.82) is 5.41 Å². The summed E-state index contributed by atoms with van der Waals surface area (Å²) in [5.41, 5.74) is 2.14. The zero-order chi connectivity index (χ0) is 18.7. The van der Waals surface area contributed by atoms with Crippen LogP contribution in [0, 0.1) is 34.0 Å². The van der Waals surface area contributed by atoms with Crippen LogP contribution in [0.5, 0.6) is 0 Å². The van der Waals surface area contributed by atoms with Gasteiger partial charge in [0, 0.05) is 30.4 Å². The lowest BCUT2D eigenvalue weighted by Crippen LogP contribution is -2.56. The van der Waals surface area contributed by atoms with Gasteiger partial charge in [0.1, 0.15) is 6.10 Å². The third-order valence-electron chi connectivity index (χ3n) is 8.01. The van der Waals surface area contributed by atoms with E-state index in [1.807, 2.05) is 0 Å². The first kappa shape index (κ1) is 17.8. The van der Waals surface area contributed by atoms with Crippen molar-refractivity contribution in [2.45, 2.75) is 65.4 Å². The summed E-state index contributed by atoms with van der Waals surface area (Å²) in [7, 11) is 1.75. The summed E-state index contributed by atoms with van der Waals surface area (Å²) in [6, 6.07) is 0. The van der Waals surface area contributed by atoms with Crippen LogP contribution in [0.1, 0.15) is 59.3 Å². The predicted molar refractivity (Wildman–Crippen MR) is 101 cm³/mol. The van der Waals surface area contributed by atoms with Gasteiger partial charge < -0.3 is 14.9 Å². The molecule has 0 saturated heterocycles. The van der Waals surface area contributed by atoms with Crippen molar-refractivity contribution in [3.63, 3.8) is 0 Å². The number of esters is 1.